The summed E-state index contributed by atoms with van der Waals surface area (Å²) in [5.74, 6) is -0.159. The lowest BCUT2D eigenvalue weighted by atomic mass is 10.1. The molecule has 1 aromatic rings. The number of nitrogens with one attached hydrogen (secondary N) is 1. The third-order valence-electron chi connectivity index (χ3n) is 2.95. The number of carbonyl (C=O) groups is 2. The third-order valence-corrected chi connectivity index (χ3v) is 3.41. The van der Waals surface area contributed by atoms with Gasteiger partial charge in [0.25, 0.3) is 0 Å². The van der Waals surface area contributed by atoms with Crippen LogP contribution in [0.1, 0.15) is 18.9 Å². The number of amides is 2. The molecule has 1 unspecified atom stereocenters. The molecule has 0 saturated carbocycles. The summed E-state index contributed by atoms with van der Waals surface area (Å²) in [6.45, 7) is 3.93. The van der Waals surface area contributed by atoms with E-state index in [1.165, 1.54) is 0 Å². The van der Waals surface area contributed by atoms with Gasteiger partial charge in [-0.05, 0) is 37.1 Å². The molecule has 18 heavy (non-hydrogen) atoms. The van der Waals surface area contributed by atoms with Gasteiger partial charge in [-0.3, -0.25) is 9.59 Å². The van der Waals surface area contributed by atoms with Crippen LogP contribution < -0.4 is 10.2 Å². The number of piperazine rings is 1. The molecule has 1 fully saturated rings. The molecule has 1 heterocycles. The summed E-state index contributed by atoms with van der Waals surface area (Å²) >= 11 is 3.41. The average molecular weight is 311 g/mol. The van der Waals surface area contributed by atoms with Gasteiger partial charge in [0.2, 0.25) is 11.8 Å². The van der Waals surface area contributed by atoms with E-state index in [1.807, 2.05) is 32.0 Å². The van der Waals surface area contributed by atoms with E-state index in [0.29, 0.717) is 6.42 Å². The Morgan fingerprint density at radius 2 is 2.11 bits per heavy atom. The monoisotopic (exact) mass is 310 g/mol. The summed E-state index contributed by atoms with van der Waals surface area (Å²) in [6.07, 6.45) is 0.605. The largest absolute Gasteiger partial charge is 0.343 e. The fourth-order valence-electron chi connectivity index (χ4n) is 2.08. The van der Waals surface area contributed by atoms with Gasteiger partial charge in [0.15, 0.2) is 0 Å². The molecule has 2 rings (SSSR count). The minimum absolute atomic E-state index is 0.0467. The summed E-state index contributed by atoms with van der Waals surface area (Å²) in [6, 6.07) is 5.32. The molecule has 5 heteroatoms. The first-order chi connectivity index (χ1) is 8.51. The van der Waals surface area contributed by atoms with Crippen LogP contribution in [0.3, 0.4) is 0 Å². The lowest BCUT2D eigenvalue weighted by Gasteiger charge is -2.32. The minimum Gasteiger partial charge on any atom is -0.343 e. The van der Waals surface area contributed by atoms with Crippen molar-refractivity contribution in [1.29, 1.82) is 0 Å². The molecule has 0 spiro atoms. The van der Waals surface area contributed by atoms with E-state index in [1.54, 1.807) is 4.90 Å². The van der Waals surface area contributed by atoms with E-state index < -0.39 is 6.04 Å². The van der Waals surface area contributed by atoms with E-state index >= 15 is 0 Å². The molecule has 0 radical (unpaired) electrons. The van der Waals surface area contributed by atoms with Crippen LogP contribution >= 0.6 is 15.9 Å². The Balaban J connectivity index is 2.35. The van der Waals surface area contributed by atoms with E-state index in [0.717, 1.165) is 15.7 Å². The lowest BCUT2D eigenvalue weighted by Crippen LogP contribution is -2.58. The number of hydrogen-bond donors (Lipinski definition) is 1. The summed E-state index contributed by atoms with van der Waals surface area (Å²) in [4.78, 5) is 25.4. The quantitative estimate of drug-likeness (QED) is 0.908. The smallest absolute Gasteiger partial charge is 0.250 e. The van der Waals surface area contributed by atoms with Crippen molar-refractivity contribution in [3.8, 4) is 0 Å². The first-order valence-electron chi connectivity index (χ1n) is 5.89. The van der Waals surface area contributed by atoms with Crippen molar-refractivity contribution in [2.24, 2.45) is 0 Å². The van der Waals surface area contributed by atoms with Crippen molar-refractivity contribution in [2.45, 2.75) is 26.3 Å². The Hall–Kier alpha value is -1.36. The summed E-state index contributed by atoms with van der Waals surface area (Å²) in [7, 11) is 0. The van der Waals surface area contributed by atoms with Crippen LogP contribution in [0.25, 0.3) is 0 Å². The first kappa shape index (κ1) is 13.1. The van der Waals surface area contributed by atoms with Crippen molar-refractivity contribution < 1.29 is 9.59 Å². The molecular weight excluding hydrogens is 296 g/mol. The Labute approximate surface area is 114 Å². The summed E-state index contributed by atoms with van der Waals surface area (Å²) in [5, 5.41) is 2.70. The maximum absolute atomic E-state index is 12.2. The molecule has 2 amide bonds. The third kappa shape index (κ3) is 2.56. The molecule has 1 saturated heterocycles. The topological polar surface area (TPSA) is 49.4 Å². The molecule has 1 atom stereocenters. The molecule has 1 aliphatic rings. The number of carbonyl (C=O) groups excluding carboxylic acids is 2. The molecule has 4 nitrogen and oxygen atoms in total. The number of rotatable bonds is 2. The van der Waals surface area contributed by atoms with E-state index in [4.69, 9.17) is 0 Å². The molecule has 0 aliphatic carbocycles. The zero-order chi connectivity index (χ0) is 13.3. The Morgan fingerprint density at radius 3 is 2.72 bits per heavy atom. The summed E-state index contributed by atoms with van der Waals surface area (Å²) < 4.78 is 0.907. The zero-order valence-electron chi connectivity index (χ0n) is 10.4. The van der Waals surface area contributed by atoms with Gasteiger partial charge in [0.05, 0.1) is 0 Å². The van der Waals surface area contributed by atoms with Crippen LogP contribution in [0.15, 0.2) is 22.7 Å². The molecular formula is C13H15BrN2O2. The van der Waals surface area contributed by atoms with Crippen molar-refractivity contribution in [1.82, 2.24) is 5.32 Å². The second-order valence-electron chi connectivity index (χ2n) is 4.44. The lowest BCUT2D eigenvalue weighted by molar-refractivity contribution is -0.131. The highest BCUT2D eigenvalue weighted by Crippen LogP contribution is 2.24. The van der Waals surface area contributed by atoms with Gasteiger partial charge in [0.1, 0.15) is 12.6 Å². The molecule has 1 aliphatic heterocycles. The van der Waals surface area contributed by atoms with Crippen LogP contribution in [-0.4, -0.2) is 24.4 Å². The van der Waals surface area contributed by atoms with Gasteiger partial charge in [-0.25, -0.2) is 0 Å². The van der Waals surface area contributed by atoms with Crippen LogP contribution in [-0.2, 0) is 9.59 Å². The second-order valence-corrected chi connectivity index (χ2v) is 5.36. The Kier molecular flexibility index (Phi) is 3.71. The fraction of sp³-hybridized carbons (Fsp3) is 0.385. The molecule has 96 valence electrons. The number of nitrogens with zero attached hydrogens (tertiary/aromatic N) is 1. The molecule has 0 bridgehead atoms. The van der Waals surface area contributed by atoms with Gasteiger partial charge < -0.3 is 10.2 Å². The Morgan fingerprint density at radius 1 is 1.39 bits per heavy atom. The maximum Gasteiger partial charge on any atom is 0.250 e. The SMILES string of the molecule is CCC1NC(=O)CN(c2cc(C)cc(Br)c2)C1=O. The van der Waals surface area contributed by atoms with Crippen molar-refractivity contribution >= 4 is 33.4 Å². The van der Waals surface area contributed by atoms with Crippen molar-refractivity contribution in [2.75, 3.05) is 11.4 Å². The number of aryl methyl sites for hydroxylation is 1. The van der Waals surface area contributed by atoms with Crippen LogP contribution in [0.4, 0.5) is 5.69 Å². The van der Waals surface area contributed by atoms with E-state index in [-0.39, 0.29) is 18.4 Å². The number of anilines is 1. The van der Waals surface area contributed by atoms with E-state index in [2.05, 4.69) is 21.2 Å². The molecule has 1 aromatic carbocycles. The van der Waals surface area contributed by atoms with Gasteiger partial charge >= 0.3 is 0 Å². The highest BCUT2D eigenvalue weighted by atomic mass is 79.9. The summed E-state index contributed by atoms with van der Waals surface area (Å²) in [5.41, 5.74) is 1.81. The molecule has 1 N–H and O–H groups in total. The zero-order valence-corrected chi connectivity index (χ0v) is 12.0. The fourth-order valence-corrected chi connectivity index (χ4v) is 2.68. The number of hydrogen-bond acceptors (Lipinski definition) is 2. The predicted octanol–water partition coefficient (Wildman–Crippen LogP) is 2.00. The predicted molar refractivity (Wildman–Crippen MR) is 73.5 cm³/mol. The van der Waals surface area contributed by atoms with Crippen molar-refractivity contribution in [3.63, 3.8) is 0 Å². The van der Waals surface area contributed by atoms with Gasteiger partial charge in [-0.1, -0.05) is 22.9 Å². The normalized spacial score (nSPS) is 19.9. The van der Waals surface area contributed by atoms with E-state index in [9.17, 15) is 9.59 Å². The second kappa shape index (κ2) is 5.10. The minimum atomic E-state index is -0.412. The number of benzene rings is 1. The highest BCUT2D eigenvalue weighted by Gasteiger charge is 2.32. The first-order valence-corrected chi connectivity index (χ1v) is 6.68. The highest BCUT2D eigenvalue weighted by molar-refractivity contribution is 9.10. The van der Waals surface area contributed by atoms with Gasteiger partial charge in [0, 0.05) is 10.2 Å². The van der Waals surface area contributed by atoms with Crippen LogP contribution in [0.2, 0.25) is 0 Å². The molecule has 0 aromatic heterocycles. The average Bonchev–Trinajstić information content (AvgIpc) is 2.30. The van der Waals surface area contributed by atoms with Crippen LogP contribution in [0.5, 0.6) is 0 Å². The standard InChI is InChI=1S/C13H15BrN2O2/c1-3-11-13(18)16(7-12(17)15-11)10-5-8(2)4-9(14)6-10/h4-6,11H,3,7H2,1-2H3,(H,15,17). The van der Waals surface area contributed by atoms with Gasteiger partial charge in [-0.15, -0.1) is 0 Å². The van der Waals surface area contributed by atoms with Crippen molar-refractivity contribution in [3.05, 3.63) is 28.2 Å². The number of halogens is 1. The maximum atomic E-state index is 12.2. The van der Waals surface area contributed by atoms with Gasteiger partial charge in [-0.2, -0.15) is 0 Å². The van der Waals surface area contributed by atoms with Crippen LogP contribution in [0, 0.1) is 6.92 Å². The Bertz CT molecular complexity index is 482.